The summed E-state index contributed by atoms with van der Waals surface area (Å²) < 4.78 is 0. The first kappa shape index (κ1) is 13.7. The molecule has 0 radical (unpaired) electrons. The van der Waals surface area contributed by atoms with Crippen molar-refractivity contribution >= 4 is 28.2 Å². The molecule has 0 spiro atoms. The van der Waals surface area contributed by atoms with E-state index in [0.717, 1.165) is 19.5 Å². The lowest BCUT2D eigenvalue weighted by molar-refractivity contribution is 0.265. The van der Waals surface area contributed by atoms with Gasteiger partial charge in [0.1, 0.15) is 0 Å². The molecule has 1 atom stereocenters. The summed E-state index contributed by atoms with van der Waals surface area (Å²) >= 11 is 3.97. The van der Waals surface area contributed by atoms with Crippen LogP contribution in [0.15, 0.2) is 0 Å². The van der Waals surface area contributed by atoms with Crippen LogP contribution in [0.5, 0.6) is 0 Å². The molecule has 1 aromatic heterocycles. The van der Waals surface area contributed by atoms with Gasteiger partial charge < -0.3 is 10.2 Å². The molecule has 1 saturated heterocycles. The van der Waals surface area contributed by atoms with Crippen molar-refractivity contribution in [3.63, 3.8) is 0 Å². The first-order valence-corrected chi connectivity index (χ1v) is 9.06. The first-order chi connectivity index (χ1) is 9.09. The van der Waals surface area contributed by atoms with Crippen LogP contribution < -0.4 is 10.2 Å². The Balaban J connectivity index is 1.88. The molecule has 0 saturated carbocycles. The average Bonchev–Trinajstić information content (AvgIpc) is 2.81. The Bertz CT molecular complexity index is 450. The van der Waals surface area contributed by atoms with E-state index >= 15 is 0 Å². The van der Waals surface area contributed by atoms with Gasteiger partial charge in [-0.1, -0.05) is 25.2 Å². The van der Waals surface area contributed by atoms with Gasteiger partial charge in [-0.2, -0.15) is 11.8 Å². The number of anilines is 1. The van der Waals surface area contributed by atoms with Gasteiger partial charge in [0, 0.05) is 35.5 Å². The molecule has 1 aromatic rings. The smallest absolute Gasteiger partial charge is 0.185 e. The van der Waals surface area contributed by atoms with Crippen molar-refractivity contribution in [3.8, 4) is 0 Å². The van der Waals surface area contributed by atoms with Crippen molar-refractivity contribution in [1.82, 2.24) is 10.3 Å². The van der Waals surface area contributed by atoms with Gasteiger partial charge in [-0.15, -0.1) is 0 Å². The van der Waals surface area contributed by atoms with Crippen LogP contribution in [0, 0.1) is 5.41 Å². The fraction of sp³-hybridized carbons (Fsp3) is 0.786. The molecule has 106 valence electrons. The second-order valence-corrected chi connectivity index (χ2v) is 8.53. The molecule has 3 nitrogen and oxygen atoms in total. The maximum atomic E-state index is 4.96. The summed E-state index contributed by atoms with van der Waals surface area (Å²) in [6.45, 7) is 7.03. The minimum atomic E-state index is 0.365. The lowest BCUT2D eigenvalue weighted by Crippen LogP contribution is -2.32. The second kappa shape index (κ2) is 5.26. The number of nitrogens with zero attached hydrogens (tertiary/aromatic N) is 2. The van der Waals surface area contributed by atoms with Gasteiger partial charge in [0.2, 0.25) is 0 Å². The van der Waals surface area contributed by atoms with Crippen LogP contribution >= 0.6 is 23.1 Å². The van der Waals surface area contributed by atoms with Crippen molar-refractivity contribution in [2.45, 2.75) is 32.7 Å². The summed E-state index contributed by atoms with van der Waals surface area (Å²) in [6, 6.07) is 0.490. The third kappa shape index (κ3) is 2.78. The molecule has 1 fully saturated rings. The highest BCUT2D eigenvalue weighted by molar-refractivity contribution is 7.99. The first-order valence-electron chi connectivity index (χ1n) is 7.09. The molecule has 1 aliphatic carbocycles. The summed E-state index contributed by atoms with van der Waals surface area (Å²) in [5.74, 6) is 2.48. The zero-order valence-electron chi connectivity index (χ0n) is 12.0. The lowest BCUT2D eigenvalue weighted by atomic mass is 9.76. The number of nitrogens with one attached hydrogen (secondary N) is 1. The molecule has 1 N–H and O–H groups in total. The van der Waals surface area contributed by atoms with Crippen LogP contribution in [0.1, 0.15) is 36.9 Å². The molecule has 19 heavy (non-hydrogen) atoms. The van der Waals surface area contributed by atoms with Crippen molar-refractivity contribution < 1.29 is 0 Å². The van der Waals surface area contributed by atoms with Gasteiger partial charge in [-0.25, -0.2) is 4.98 Å². The highest BCUT2D eigenvalue weighted by Crippen LogP contribution is 2.44. The largest absolute Gasteiger partial charge is 0.346 e. The predicted octanol–water partition coefficient (Wildman–Crippen LogP) is 2.93. The highest BCUT2D eigenvalue weighted by atomic mass is 32.2. The van der Waals surface area contributed by atoms with Crippen molar-refractivity contribution in [2.75, 3.05) is 36.5 Å². The maximum absolute atomic E-state index is 4.96. The molecule has 5 heteroatoms. The Labute approximate surface area is 124 Å². The highest BCUT2D eigenvalue weighted by Gasteiger charge is 2.35. The molecule has 0 aromatic carbocycles. The van der Waals surface area contributed by atoms with E-state index in [9.17, 15) is 0 Å². The van der Waals surface area contributed by atoms with Gasteiger partial charge >= 0.3 is 0 Å². The average molecular weight is 297 g/mol. The third-order valence-corrected chi connectivity index (χ3v) is 6.28. The van der Waals surface area contributed by atoms with Crippen molar-refractivity contribution in [1.29, 1.82) is 0 Å². The molecular weight excluding hydrogens is 274 g/mol. The lowest BCUT2D eigenvalue weighted by Gasteiger charge is -2.34. The Morgan fingerprint density at radius 2 is 2.05 bits per heavy atom. The van der Waals surface area contributed by atoms with E-state index in [1.54, 1.807) is 0 Å². The normalized spacial score (nSPS) is 26.3. The Morgan fingerprint density at radius 3 is 2.74 bits per heavy atom. The standard InChI is InChI=1S/C14H23N3S2/c1-14(2)8-10(15-3)12-11(9-14)16-13(19-12)17-4-6-18-7-5-17/h10,15H,4-9H2,1-3H3. The van der Waals surface area contributed by atoms with Crippen LogP contribution in [0.4, 0.5) is 5.13 Å². The Morgan fingerprint density at radius 1 is 1.32 bits per heavy atom. The number of aromatic nitrogens is 1. The Kier molecular flexibility index (Phi) is 3.80. The second-order valence-electron chi connectivity index (χ2n) is 6.29. The molecule has 1 aliphatic heterocycles. The topological polar surface area (TPSA) is 28.2 Å². The number of hydrogen-bond donors (Lipinski definition) is 1. The van der Waals surface area contributed by atoms with E-state index in [2.05, 4.69) is 42.9 Å². The van der Waals surface area contributed by atoms with E-state index in [0.29, 0.717) is 11.5 Å². The van der Waals surface area contributed by atoms with Crippen LogP contribution in [0.2, 0.25) is 0 Å². The summed E-state index contributed by atoms with van der Waals surface area (Å²) in [5, 5.41) is 4.73. The number of rotatable bonds is 2. The van der Waals surface area contributed by atoms with Gasteiger partial charge in [-0.3, -0.25) is 0 Å². The fourth-order valence-corrected chi connectivity index (χ4v) is 5.19. The zero-order valence-corrected chi connectivity index (χ0v) is 13.7. The molecule has 1 unspecified atom stereocenters. The fourth-order valence-electron chi connectivity index (χ4n) is 3.04. The van der Waals surface area contributed by atoms with Crippen molar-refractivity contribution in [2.24, 2.45) is 5.41 Å². The van der Waals surface area contributed by atoms with Crippen LogP contribution in [-0.4, -0.2) is 36.6 Å². The summed E-state index contributed by atoms with van der Waals surface area (Å²) in [6.07, 6.45) is 2.34. The minimum absolute atomic E-state index is 0.365. The summed E-state index contributed by atoms with van der Waals surface area (Å²) in [5.41, 5.74) is 1.71. The minimum Gasteiger partial charge on any atom is -0.346 e. The monoisotopic (exact) mass is 297 g/mol. The quantitative estimate of drug-likeness (QED) is 0.908. The number of hydrogen-bond acceptors (Lipinski definition) is 5. The van der Waals surface area contributed by atoms with E-state index < -0.39 is 0 Å². The third-order valence-electron chi connectivity index (χ3n) is 4.07. The molecule has 3 rings (SSSR count). The van der Waals surface area contributed by atoms with Crippen LogP contribution in [0.3, 0.4) is 0 Å². The molecule has 0 bridgehead atoms. The molecular formula is C14H23N3S2. The molecule has 2 heterocycles. The summed E-state index contributed by atoms with van der Waals surface area (Å²) in [4.78, 5) is 8.92. The van der Waals surface area contributed by atoms with E-state index in [4.69, 9.17) is 4.98 Å². The molecule has 2 aliphatic rings. The number of thiazole rings is 1. The summed E-state index contributed by atoms with van der Waals surface area (Å²) in [7, 11) is 2.08. The number of fused-ring (bicyclic) bond motifs is 1. The SMILES string of the molecule is CNC1CC(C)(C)Cc2nc(N3CCSCC3)sc21. The zero-order chi connectivity index (χ0) is 13.5. The maximum Gasteiger partial charge on any atom is 0.185 e. The van der Waals surface area contributed by atoms with Crippen molar-refractivity contribution in [3.05, 3.63) is 10.6 Å². The van der Waals surface area contributed by atoms with Gasteiger partial charge in [0.15, 0.2) is 5.13 Å². The van der Waals surface area contributed by atoms with E-state index in [1.165, 1.54) is 33.6 Å². The predicted molar refractivity (Wildman–Crippen MR) is 85.6 cm³/mol. The Hall–Kier alpha value is -0.260. The van der Waals surface area contributed by atoms with E-state index in [-0.39, 0.29) is 0 Å². The van der Waals surface area contributed by atoms with Crippen LogP contribution in [-0.2, 0) is 6.42 Å². The van der Waals surface area contributed by atoms with E-state index in [1.807, 2.05) is 11.3 Å². The molecule has 0 amide bonds. The van der Waals surface area contributed by atoms with Gasteiger partial charge in [0.05, 0.1) is 5.69 Å². The van der Waals surface area contributed by atoms with Crippen LogP contribution in [0.25, 0.3) is 0 Å². The van der Waals surface area contributed by atoms with Gasteiger partial charge in [0.25, 0.3) is 0 Å². The number of thioether (sulfide) groups is 1. The van der Waals surface area contributed by atoms with Gasteiger partial charge in [-0.05, 0) is 25.3 Å².